The lowest BCUT2D eigenvalue weighted by atomic mass is 10.1. The number of rotatable bonds is 5. The maximum Gasteiger partial charge on any atom is 0.237 e. The molecule has 1 fully saturated rings. The monoisotopic (exact) mass is 305 g/mol. The lowest BCUT2D eigenvalue weighted by molar-refractivity contribution is -0.123. The van der Waals surface area contributed by atoms with Crippen LogP contribution in [0.2, 0.25) is 0 Å². The Hall–Kier alpha value is -1.66. The molecule has 0 unspecified atom stereocenters. The first-order chi connectivity index (χ1) is 10.5. The number of carbonyl (C=O) groups excluding carboxylic acids is 1. The molecule has 6 heteroatoms. The van der Waals surface area contributed by atoms with Crippen molar-refractivity contribution in [2.24, 2.45) is 11.7 Å². The van der Waals surface area contributed by atoms with Gasteiger partial charge in [0, 0.05) is 38.9 Å². The van der Waals surface area contributed by atoms with Crippen LogP contribution in [0.3, 0.4) is 0 Å². The van der Waals surface area contributed by atoms with Crippen LogP contribution in [-0.4, -0.2) is 55.1 Å². The third-order valence-corrected chi connectivity index (χ3v) is 4.12. The summed E-state index contributed by atoms with van der Waals surface area (Å²) in [6, 6.07) is 3.52. The highest BCUT2D eigenvalue weighted by Gasteiger charge is 2.17. The number of nitrogens with one attached hydrogen (secondary N) is 1. The Kier molecular flexibility index (Phi) is 5.74. The summed E-state index contributed by atoms with van der Waals surface area (Å²) in [7, 11) is 2.13. The summed E-state index contributed by atoms with van der Waals surface area (Å²) in [4.78, 5) is 21.0. The molecule has 1 atom stereocenters. The molecule has 2 rings (SSSR count). The van der Waals surface area contributed by atoms with Crippen LogP contribution in [0.5, 0.6) is 0 Å². The fraction of sp³-hybridized carbons (Fsp3) is 0.625. The Labute approximate surface area is 132 Å². The molecule has 1 aromatic rings. The summed E-state index contributed by atoms with van der Waals surface area (Å²) in [5.41, 5.74) is 6.90. The van der Waals surface area contributed by atoms with E-state index in [4.69, 9.17) is 5.73 Å². The van der Waals surface area contributed by atoms with Gasteiger partial charge in [0.2, 0.25) is 5.91 Å². The normalized spacial score (nSPS) is 17.6. The number of pyridine rings is 1. The van der Waals surface area contributed by atoms with Gasteiger partial charge in [0.15, 0.2) is 0 Å². The highest BCUT2D eigenvalue weighted by molar-refractivity contribution is 5.81. The van der Waals surface area contributed by atoms with Gasteiger partial charge in [0.25, 0.3) is 0 Å². The van der Waals surface area contributed by atoms with E-state index in [1.165, 1.54) is 0 Å². The van der Waals surface area contributed by atoms with Crippen LogP contribution in [-0.2, 0) is 11.3 Å². The van der Waals surface area contributed by atoms with Crippen LogP contribution < -0.4 is 16.0 Å². The minimum absolute atomic E-state index is 0.104. The third-order valence-electron chi connectivity index (χ3n) is 4.12. The highest BCUT2D eigenvalue weighted by atomic mass is 16.2. The van der Waals surface area contributed by atoms with E-state index >= 15 is 0 Å². The number of carbonyl (C=O) groups is 1. The first-order valence-corrected chi connectivity index (χ1v) is 7.89. The van der Waals surface area contributed by atoms with E-state index in [1.54, 1.807) is 6.20 Å². The number of nitrogens with two attached hydrogens (primary N) is 1. The van der Waals surface area contributed by atoms with Gasteiger partial charge in [-0.25, -0.2) is 4.98 Å². The van der Waals surface area contributed by atoms with Crippen molar-refractivity contribution in [3.8, 4) is 0 Å². The van der Waals surface area contributed by atoms with E-state index in [1.807, 2.05) is 26.0 Å². The number of hydrogen-bond acceptors (Lipinski definition) is 5. The molecule has 3 N–H and O–H groups in total. The van der Waals surface area contributed by atoms with Crippen molar-refractivity contribution in [3.05, 3.63) is 23.9 Å². The average Bonchev–Trinajstić information content (AvgIpc) is 2.52. The Morgan fingerprint density at radius 3 is 2.68 bits per heavy atom. The van der Waals surface area contributed by atoms with Gasteiger partial charge in [-0.3, -0.25) is 4.79 Å². The van der Waals surface area contributed by atoms with Crippen molar-refractivity contribution in [1.29, 1.82) is 0 Å². The Morgan fingerprint density at radius 1 is 1.36 bits per heavy atom. The second-order valence-electron chi connectivity index (χ2n) is 6.30. The van der Waals surface area contributed by atoms with Crippen molar-refractivity contribution < 1.29 is 4.79 Å². The van der Waals surface area contributed by atoms with Crippen molar-refractivity contribution in [2.75, 3.05) is 38.1 Å². The van der Waals surface area contributed by atoms with E-state index in [-0.39, 0.29) is 11.8 Å². The SMILES string of the molecule is CC(C)[C@H](N)C(=O)NCc1ccnc(N2CCN(C)CC2)c1. The smallest absolute Gasteiger partial charge is 0.237 e. The van der Waals surface area contributed by atoms with Gasteiger partial charge in [-0.15, -0.1) is 0 Å². The highest BCUT2D eigenvalue weighted by Crippen LogP contribution is 2.14. The summed E-state index contributed by atoms with van der Waals surface area (Å²) in [6.45, 7) is 8.44. The van der Waals surface area contributed by atoms with Crippen LogP contribution in [0.1, 0.15) is 19.4 Å². The third kappa shape index (κ3) is 4.42. The van der Waals surface area contributed by atoms with Gasteiger partial charge in [0.1, 0.15) is 5.82 Å². The molecule has 0 radical (unpaired) electrons. The van der Waals surface area contributed by atoms with Crippen LogP contribution >= 0.6 is 0 Å². The second kappa shape index (κ2) is 7.56. The number of amides is 1. The van der Waals surface area contributed by atoms with Gasteiger partial charge in [0.05, 0.1) is 6.04 Å². The Bertz CT molecular complexity index is 497. The van der Waals surface area contributed by atoms with Crippen LogP contribution in [0.25, 0.3) is 0 Å². The summed E-state index contributed by atoms with van der Waals surface area (Å²) in [5.74, 6) is 1.01. The van der Waals surface area contributed by atoms with Crippen LogP contribution in [0, 0.1) is 5.92 Å². The molecule has 0 saturated carbocycles. The molecule has 0 spiro atoms. The largest absolute Gasteiger partial charge is 0.354 e. The van der Waals surface area contributed by atoms with E-state index in [9.17, 15) is 4.79 Å². The molecule has 122 valence electrons. The van der Waals surface area contributed by atoms with Gasteiger partial charge >= 0.3 is 0 Å². The molecule has 1 aliphatic rings. The van der Waals surface area contributed by atoms with Gasteiger partial charge in [-0.1, -0.05) is 13.8 Å². The Morgan fingerprint density at radius 2 is 2.05 bits per heavy atom. The molecule has 0 aliphatic carbocycles. The molecule has 6 nitrogen and oxygen atoms in total. The Balaban J connectivity index is 1.93. The summed E-state index contributed by atoms with van der Waals surface area (Å²) >= 11 is 0. The van der Waals surface area contributed by atoms with Crippen molar-refractivity contribution in [3.63, 3.8) is 0 Å². The fourth-order valence-electron chi connectivity index (χ4n) is 2.39. The predicted molar refractivity (Wildman–Crippen MR) is 88.6 cm³/mol. The minimum Gasteiger partial charge on any atom is -0.354 e. The van der Waals surface area contributed by atoms with E-state index in [0.717, 1.165) is 37.6 Å². The minimum atomic E-state index is -0.459. The molecular formula is C16H27N5O. The fourth-order valence-corrected chi connectivity index (χ4v) is 2.39. The van der Waals surface area contributed by atoms with Gasteiger partial charge in [-0.2, -0.15) is 0 Å². The topological polar surface area (TPSA) is 74.5 Å². The molecule has 2 heterocycles. The maximum atomic E-state index is 11.9. The maximum absolute atomic E-state index is 11.9. The standard InChI is InChI=1S/C16H27N5O/c1-12(2)15(17)16(22)19-11-13-4-5-18-14(10-13)21-8-6-20(3)7-9-21/h4-5,10,12,15H,6-9,11,17H2,1-3H3,(H,19,22)/t15-/m0/s1. The molecule has 1 aliphatic heterocycles. The molecular weight excluding hydrogens is 278 g/mol. The predicted octanol–water partition coefficient (Wildman–Crippen LogP) is 0.433. The molecule has 22 heavy (non-hydrogen) atoms. The van der Waals surface area contributed by atoms with Crippen molar-refractivity contribution >= 4 is 11.7 Å². The molecule has 1 amide bonds. The quantitative estimate of drug-likeness (QED) is 0.825. The zero-order valence-corrected chi connectivity index (χ0v) is 13.7. The first-order valence-electron chi connectivity index (χ1n) is 7.89. The first kappa shape index (κ1) is 16.7. The van der Waals surface area contributed by atoms with Crippen molar-refractivity contribution in [1.82, 2.24) is 15.2 Å². The molecule has 0 aromatic carbocycles. The number of piperazine rings is 1. The molecule has 0 bridgehead atoms. The van der Waals surface area contributed by atoms with Gasteiger partial charge < -0.3 is 20.9 Å². The van der Waals surface area contributed by atoms with Crippen molar-refractivity contribution in [2.45, 2.75) is 26.4 Å². The number of hydrogen-bond donors (Lipinski definition) is 2. The van der Waals surface area contributed by atoms with Crippen LogP contribution in [0.4, 0.5) is 5.82 Å². The van der Waals surface area contributed by atoms with E-state index in [2.05, 4.69) is 27.1 Å². The number of anilines is 1. The summed E-state index contributed by atoms with van der Waals surface area (Å²) in [5, 5.41) is 2.90. The lowest BCUT2D eigenvalue weighted by Crippen LogP contribution is -2.45. The number of likely N-dealkylation sites (N-methyl/N-ethyl adjacent to an activating group) is 1. The molecule has 1 saturated heterocycles. The summed E-state index contributed by atoms with van der Waals surface area (Å²) < 4.78 is 0. The van der Waals surface area contributed by atoms with Crippen LogP contribution in [0.15, 0.2) is 18.3 Å². The lowest BCUT2D eigenvalue weighted by Gasteiger charge is -2.33. The molecule has 1 aromatic heterocycles. The zero-order valence-electron chi connectivity index (χ0n) is 13.7. The van der Waals surface area contributed by atoms with E-state index in [0.29, 0.717) is 6.54 Å². The van der Waals surface area contributed by atoms with Gasteiger partial charge in [-0.05, 0) is 30.7 Å². The zero-order chi connectivity index (χ0) is 16.1. The summed E-state index contributed by atoms with van der Waals surface area (Å²) in [6.07, 6.45) is 1.80. The van der Waals surface area contributed by atoms with E-state index < -0.39 is 6.04 Å². The second-order valence-corrected chi connectivity index (χ2v) is 6.30. The average molecular weight is 305 g/mol. The number of aromatic nitrogens is 1. The number of nitrogens with zero attached hydrogens (tertiary/aromatic N) is 3.